The molecule has 3 aromatic rings. The Kier molecular flexibility index (Phi) is 6.63. The van der Waals surface area contributed by atoms with Crippen molar-refractivity contribution in [2.24, 2.45) is 0 Å². The van der Waals surface area contributed by atoms with Gasteiger partial charge < -0.3 is 14.6 Å². The molecule has 0 radical (unpaired) electrons. The van der Waals surface area contributed by atoms with Crippen LogP contribution in [0.5, 0.6) is 0 Å². The molecule has 0 atom stereocenters. The molecule has 4 rings (SSSR count). The lowest BCUT2D eigenvalue weighted by atomic mass is 10.1. The first-order chi connectivity index (χ1) is 15.4. The van der Waals surface area contributed by atoms with E-state index in [0.29, 0.717) is 11.3 Å². The fraction of sp³-hybridized carbons (Fsp3) is 0.333. The van der Waals surface area contributed by atoms with Crippen molar-refractivity contribution in [2.75, 3.05) is 29.1 Å². The average molecular weight is 463 g/mol. The summed E-state index contributed by atoms with van der Waals surface area (Å²) in [6.07, 6.45) is 1.69. The van der Waals surface area contributed by atoms with Crippen molar-refractivity contribution in [1.29, 1.82) is 0 Å². The molecule has 0 unspecified atom stereocenters. The van der Waals surface area contributed by atoms with Gasteiger partial charge in [0.1, 0.15) is 0 Å². The number of halogens is 3. The van der Waals surface area contributed by atoms with Crippen LogP contribution in [0.15, 0.2) is 52.4 Å². The molecule has 11 heteroatoms. The third-order valence-electron chi connectivity index (χ3n) is 4.94. The highest BCUT2D eigenvalue weighted by atomic mass is 32.2. The maximum absolute atomic E-state index is 13.2. The first kappa shape index (κ1) is 22.1. The van der Waals surface area contributed by atoms with Crippen molar-refractivity contribution in [2.45, 2.75) is 30.7 Å². The smallest absolute Gasteiger partial charge is 0.411 e. The second-order valence-electron chi connectivity index (χ2n) is 7.23. The molecule has 0 saturated carbocycles. The van der Waals surface area contributed by atoms with Gasteiger partial charge in [0.15, 0.2) is 0 Å². The molecule has 32 heavy (non-hydrogen) atoms. The number of amides is 1. The first-order valence-electron chi connectivity index (χ1n) is 10.0. The third-order valence-corrected chi connectivity index (χ3v) is 5.75. The normalized spacial score (nSPS) is 14.4. The van der Waals surface area contributed by atoms with Crippen LogP contribution in [-0.4, -0.2) is 39.9 Å². The summed E-state index contributed by atoms with van der Waals surface area (Å²) in [4.78, 5) is 18.5. The minimum atomic E-state index is -4.50. The van der Waals surface area contributed by atoms with E-state index in [1.54, 1.807) is 24.5 Å². The van der Waals surface area contributed by atoms with Crippen molar-refractivity contribution >= 4 is 29.0 Å². The van der Waals surface area contributed by atoms with E-state index in [-0.39, 0.29) is 22.6 Å². The van der Waals surface area contributed by atoms with E-state index >= 15 is 0 Å². The van der Waals surface area contributed by atoms with Crippen molar-refractivity contribution in [3.05, 3.63) is 48.3 Å². The Morgan fingerprint density at radius 2 is 1.97 bits per heavy atom. The van der Waals surface area contributed by atoms with Gasteiger partial charge in [-0.1, -0.05) is 11.8 Å². The van der Waals surface area contributed by atoms with Crippen molar-refractivity contribution in [3.63, 3.8) is 0 Å². The second-order valence-corrected chi connectivity index (χ2v) is 8.16. The van der Waals surface area contributed by atoms with E-state index in [1.807, 2.05) is 4.90 Å². The Bertz CT molecular complexity index is 1070. The lowest BCUT2D eigenvalue weighted by Gasteiger charge is -2.31. The number of alkyl halides is 3. The number of carbonyl (C=O) groups excluding carboxylic acids is 1. The predicted molar refractivity (Wildman–Crippen MR) is 114 cm³/mol. The molecule has 1 fully saturated rings. The molecule has 7 nitrogen and oxygen atoms in total. The standard InChI is InChI=1S/C21H20F3N5O2S/c22-21(23,24)15-6-7-17(29-9-2-1-3-10-29)16(11-15)26-18(30)13-32-20-28-27-19(31-20)14-5-4-8-25-12-14/h4-8,11-12H,1-3,9-10,13H2,(H,26,30). The zero-order valence-electron chi connectivity index (χ0n) is 16.9. The number of carbonyl (C=O) groups is 1. The zero-order valence-corrected chi connectivity index (χ0v) is 17.7. The van der Waals surface area contributed by atoms with Crippen LogP contribution in [0.3, 0.4) is 0 Å². The van der Waals surface area contributed by atoms with Gasteiger partial charge in [-0.2, -0.15) is 13.2 Å². The van der Waals surface area contributed by atoms with Gasteiger partial charge in [0.25, 0.3) is 5.22 Å². The molecule has 2 aromatic heterocycles. The number of anilines is 2. The van der Waals surface area contributed by atoms with E-state index < -0.39 is 17.6 Å². The molecule has 1 saturated heterocycles. The monoisotopic (exact) mass is 463 g/mol. The molecule has 3 heterocycles. The molecular formula is C21H20F3N5O2S. The van der Waals surface area contributed by atoms with E-state index in [2.05, 4.69) is 20.5 Å². The van der Waals surface area contributed by atoms with Gasteiger partial charge >= 0.3 is 6.18 Å². The quantitative estimate of drug-likeness (QED) is 0.522. The highest BCUT2D eigenvalue weighted by molar-refractivity contribution is 7.99. The summed E-state index contributed by atoms with van der Waals surface area (Å²) in [5.74, 6) is -0.287. The molecule has 0 aliphatic carbocycles. The highest BCUT2D eigenvalue weighted by Crippen LogP contribution is 2.36. The number of pyridine rings is 1. The highest BCUT2D eigenvalue weighted by Gasteiger charge is 2.32. The van der Waals surface area contributed by atoms with E-state index in [1.165, 1.54) is 6.07 Å². The van der Waals surface area contributed by atoms with Gasteiger partial charge in [-0.3, -0.25) is 9.78 Å². The van der Waals surface area contributed by atoms with E-state index in [4.69, 9.17) is 4.42 Å². The molecule has 1 aromatic carbocycles. The van der Waals surface area contributed by atoms with Crippen LogP contribution in [0.1, 0.15) is 24.8 Å². The maximum Gasteiger partial charge on any atom is 0.416 e. The molecule has 0 spiro atoms. The Morgan fingerprint density at radius 1 is 1.16 bits per heavy atom. The van der Waals surface area contributed by atoms with Crippen molar-refractivity contribution in [3.8, 4) is 11.5 Å². The number of piperidine rings is 1. The van der Waals surface area contributed by atoms with Crippen LogP contribution < -0.4 is 10.2 Å². The minimum Gasteiger partial charge on any atom is -0.411 e. The summed E-state index contributed by atoms with van der Waals surface area (Å²) in [7, 11) is 0. The second kappa shape index (κ2) is 9.60. The van der Waals surface area contributed by atoms with Crippen LogP contribution in [0.2, 0.25) is 0 Å². The summed E-state index contributed by atoms with van der Waals surface area (Å²) in [6.45, 7) is 1.48. The minimum absolute atomic E-state index is 0.0929. The molecule has 1 aliphatic heterocycles. The molecule has 1 amide bonds. The summed E-state index contributed by atoms with van der Waals surface area (Å²) < 4.78 is 45.2. The number of nitrogens with one attached hydrogen (secondary N) is 1. The number of hydrogen-bond donors (Lipinski definition) is 1. The maximum atomic E-state index is 13.2. The first-order valence-corrected chi connectivity index (χ1v) is 11.0. The topological polar surface area (TPSA) is 84.1 Å². The SMILES string of the molecule is O=C(CSc1nnc(-c2cccnc2)o1)Nc1cc(C(F)(F)F)ccc1N1CCCCC1. The predicted octanol–water partition coefficient (Wildman–Crippen LogP) is 4.87. The van der Waals surface area contributed by atoms with E-state index in [9.17, 15) is 18.0 Å². The van der Waals surface area contributed by atoms with Gasteiger partial charge in [-0.25, -0.2) is 0 Å². The summed E-state index contributed by atoms with van der Waals surface area (Å²) in [5.41, 5.74) is 0.576. The van der Waals surface area contributed by atoms with Crippen LogP contribution in [0.25, 0.3) is 11.5 Å². The van der Waals surface area contributed by atoms with Gasteiger partial charge in [-0.15, -0.1) is 10.2 Å². The lowest BCUT2D eigenvalue weighted by Crippen LogP contribution is -2.30. The Hall–Kier alpha value is -3.08. The van der Waals surface area contributed by atoms with Gasteiger partial charge in [0.05, 0.1) is 28.3 Å². The summed E-state index contributed by atoms with van der Waals surface area (Å²) in [5, 5.41) is 10.6. The fourth-order valence-electron chi connectivity index (χ4n) is 3.41. The molecule has 1 aliphatic rings. The number of thioether (sulfide) groups is 1. The molecule has 168 valence electrons. The molecule has 0 bridgehead atoms. The number of aromatic nitrogens is 3. The lowest BCUT2D eigenvalue weighted by molar-refractivity contribution is -0.137. The summed E-state index contributed by atoms with van der Waals surface area (Å²) in [6, 6.07) is 6.95. The Morgan fingerprint density at radius 3 is 2.69 bits per heavy atom. The van der Waals surface area contributed by atoms with Crippen LogP contribution >= 0.6 is 11.8 Å². The van der Waals surface area contributed by atoms with Gasteiger partial charge in [0, 0.05) is 25.5 Å². The zero-order chi connectivity index (χ0) is 22.6. The largest absolute Gasteiger partial charge is 0.416 e. The average Bonchev–Trinajstić information content (AvgIpc) is 3.27. The Labute approximate surface area is 186 Å². The fourth-order valence-corrected chi connectivity index (χ4v) is 3.97. The number of nitrogens with zero attached hydrogens (tertiary/aromatic N) is 4. The van der Waals surface area contributed by atoms with Crippen molar-refractivity contribution in [1.82, 2.24) is 15.2 Å². The van der Waals surface area contributed by atoms with Crippen LogP contribution in [0, 0.1) is 0 Å². The van der Waals surface area contributed by atoms with Crippen LogP contribution in [-0.2, 0) is 11.0 Å². The molecular weight excluding hydrogens is 443 g/mol. The number of benzene rings is 1. The Balaban J connectivity index is 1.45. The number of hydrogen-bond acceptors (Lipinski definition) is 7. The van der Waals surface area contributed by atoms with Crippen LogP contribution in [0.4, 0.5) is 24.5 Å². The van der Waals surface area contributed by atoms with Gasteiger partial charge in [-0.05, 0) is 49.6 Å². The van der Waals surface area contributed by atoms with E-state index in [0.717, 1.165) is 56.2 Å². The summed E-state index contributed by atoms with van der Waals surface area (Å²) >= 11 is 1.01. The van der Waals surface area contributed by atoms with Crippen molar-refractivity contribution < 1.29 is 22.4 Å². The number of rotatable bonds is 6. The third kappa shape index (κ3) is 5.39. The van der Waals surface area contributed by atoms with Gasteiger partial charge in [0.2, 0.25) is 11.8 Å². The molecule has 1 N–H and O–H groups in total.